The third kappa shape index (κ3) is 3.96. The number of rotatable bonds is 5. The number of likely N-dealkylation sites (N-methyl/N-ethyl adjacent to an activating group) is 1. The van der Waals surface area contributed by atoms with Gasteiger partial charge >= 0.3 is 0 Å². The minimum Gasteiger partial charge on any atom is -0.376 e. The van der Waals surface area contributed by atoms with Crippen LogP contribution in [0.25, 0.3) is 0 Å². The van der Waals surface area contributed by atoms with E-state index in [4.69, 9.17) is 10.5 Å². The highest BCUT2D eigenvalue weighted by Gasteiger charge is 2.30. The van der Waals surface area contributed by atoms with Crippen LogP contribution >= 0.6 is 0 Å². The summed E-state index contributed by atoms with van der Waals surface area (Å²) in [5, 5.41) is 0. The molecule has 98 valence electrons. The second-order valence-electron chi connectivity index (χ2n) is 5.47. The molecule has 0 aromatic heterocycles. The van der Waals surface area contributed by atoms with E-state index in [1.807, 2.05) is 7.05 Å². The molecule has 4 nitrogen and oxygen atoms in total. The van der Waals surface area contributed by atoms with Crippen molar-refractivity contribution in [2.45, 2.75) is 50.7 Å². The minimum absolute atomic E-state index is 0.0669. The molecule has 1 amide bonds. The Balaban J connectivity index is 1.69. The van der Waals surface area contributed by atoms with Crippen molar-refractivity contribution >= 4 is 5.91 Å². The highest BCUT2D eigenvalue weighted by atomic mass is 16.5. The molecule has 2 fully saturated rings. The van der Waals surface area contributed by atoms with Gasteiger partial charge in [-0.05, 0) is 38.0 Å². The van der Waals surface area contributed by atoms with Crippen LogP contribution in [0.4, 0.5) is 0 Å². The Morgan fingerprint density at radius 3 is 2.76 bits per heavy atom. The maximum absolute atomic E-state index is 11.9. The van der Waals surface area contributed by atoms with Crippen molar-refractivity contribution < 1.29 is 9.53 Å². The molecular formula is C13H24N2O2. The molecule has 2 aliphatic rings. The van der Waals surface area contributed by atoms with E-state index < -0.39 is 0 Å². The summed E-state index contributed by atoms with van der Waals surface area (Å²) in [6.45, 7) is 1.56. The fourth-order valence-electron chi connectivity index (χ4n) is 2.41. The van der Waals surface area contributed by atoms with Gasteiger partial charge in [0.1, 0.15) is 0 Å². The number of nitrogens with zero attached hydrogens (tertiary/aromatic N) is 1. The second-order valence-corrected chi connectivity index (χ2v) is 5.47. The molecule has 2 N–H and O–H groups in total. The molecule has 1 aliphatic carbocycles. The number of carbonyl (C=O) groups is 1. The molecule has 1 saturated heterocycles. The fraction of sp³-hybridized carbons (Fsp3) is 0.923. The van der Waals surface area contributed by atoms with Gasteiger partial charge in [-0.3, -0.25) is 4.79 Å². The van der Waals surface area contributed by atoms with Crippen molar-refractivity contribution in [3.8, 4) is 0 Å². The van der Waals surface area contributed by atoms with Gasteiger partial charge in [-0.2, -0.15) is 0 Å². The first kappa shape index (κ1) is 12.8. The minimum atomic E-state index is 0.0669. The zero-order chi connectivity index (χ0) is 12.3. The summed E-state index contributed by atoms with van der Waals surface area (Å²) in [6, 6.07) is 0.0669. The Kier molecular flexibility index (Phi) is 4.40. The third-order valence-corrected chi connectivity index (χ3v) is 3.82. The zero-order valence-corrected chi connectivity index (χ0v) is 10.7. The van der Waals surface area contributed by atoms with Gasteiger partial charge in [-0.25, -0.2) is 0 Å². The summed E-state index contributed by atoms with van der Waals surface area (Å²) < 4.78 is 5.64. The quantitative estimate of drug-likeness (QED) is 0.784. The van der Waals surface area contributed by atoms with E-state index in [0.717, 1.165) is 26.0 Å². The normalized spacial score (nSPS) is 26.6. The molecule has 0 spiro atoms. The Bertz CT molecular complexity index is 260. The van der Waals surface area contributed by atoms with Crippen LogP contribution in [-0.4, -0.2) is 43.2 Å². The first-order valence-electron chi connectivity index (χ1n) is 6.78. The largest absolute Gasteiger partial charge is 0.376 e. The summed E-state index contributed by atoms with van der Waals surface area (Å²) in [5.41, 5.74) is 5.97. The van der Waals surface area contributed by atoms with E-state index in [9.17, 15) is 4.79 Å². The Hall–Kier alpha value is -0.610. The number of hydrogen-bond donors (Lipinski definition) is 1. The first-order valence-corrected chi connectivity index (χ1v) is 6.78. The van der Waals surface area contributed by atoms with Crippen molar-refractivity contribution in [3.63, 3.8) is 0 Å². The molecule has 2 atom stereocenters. The molecule has 4 heteroatoms. The van der Waals surface area contributed by atoms with E-state index in [2.05, 4.69) is 0 Å². The van der Waals surface area contributed by atoms with Crippen LogP contribution in [0.3, 0.4) is 0 Å². The van der Waals surface area contributed by atoms with Crippen LogP contribution in [0.1, 0.15) is 38.5 Å². The van der Waals surface area contributed by atoms with Gasteiger partial charge in [0.25, 0.3) is 0 Å². The van der Waals surface area contributed by atoms with Gasteiger partial charge in [0.05, 0.1) is 6.10 Å². The third-order valence-electron chi connectivity index (χ3n) is 3.82. The van der Waals surface area contributed by atoms with E-state index in [0.29, 0.717) is 12.3 Å². The van der Waals surface area contributed by atoms with Gasteiger partial charge in [-0.1, -0.05) is 0 Å². The topological polar surface area (TPSA) is 55.6 Å². The highest BCUT2D eigenvalue weighted by Crippen LogP contribution is 2.32. The SMILES string of the molecule is CN(CC1CCCCO1)C(=O)CC(N)C1CC1. The van der Waals surface area contributed by atoms with Gasteiger partial charge in [0, 0.05) is 32.7 Å². The van der Waals surface area contributed by atoms with Crippen LogP contribution in [0, 0.1) is 5.92 Å². The van der Waals surface area contributed by atoms with Crippen molar-refractivity contribution in [1.29, 1.82) is 0 Å². The Labute approximate surface area is 103 Å². The number of ether oxygens (including phenoxy) is 1. The molecule has 0 aromatic rings. The maximum Gasteiger partial charge on any atom is 0.223 e. The summed E-state index contributed by atoms with van der Waals surface area (Å²) in [7, 11) is 1.86. The molecule has 0 aromatic carbocycles. The Morgan fingerprint density at radius 2 is 2.18 bits per heavy atom. The van der Waals surface area contributed by atoms with E-state index in [-0.39, 0.29) is 18.1 Å². The van der Waals surface area contributed by atoms with Crippen LogP contribution < -0.4 is 5.73 Å². The summed E-state index contributed by atoms with van der Waals surface area (Å²) in [4.78, 5) is 13.7. The fourth-order valence-corrected chi connectivity index (χ4v) is 2.41. The molecule has 0 radical (unpaired) electrons. The van der Waals surface area contributed by atoms with Crippen molar-refractivity contribution in [1.82, 2.24) is 4.90 Å². The zero-order valence-electron chi connectivity index (χ0n) is 10.7. The van der Waals surface area contributed by atoms with Crippen LogP contribution in [0.15, 0.2) is 0 Å². The van der Waals surface area contributed by atoms with E-state index in [1.54, 1.807) is 4.90 Å². The average molecular weight is 240 g/mol. The molecule has 1 heterocycles. The average Bonchev–Trinajstić information content (AvgIpc) is 3.14. The van der Waals surface area contributed by atoms with Crippen LogP contribution in [0.2, 0.25) is 0 Å². The lowest BCUT2D eigenvalue weighted by molar-refractivity contribution is -0.132. The van der Waals surface area contributed by atoms with Gasteiger partial charge < -0.3 is 15.4 Å². The number of nitrogens with two attached hydrogens (primary N) is 1. The van der Waals surface area contributed by atoms with Gasteiger partial charge in [0.2, 0.25) is 5.91 Å². The standard InChI is InChI=1S/C13H24N2O2/c1-15(9-11-4-2-3-7-17-11)13(16)8-12(14)10-5-6-10/h10-12H,2-9,14H2,1H3. The second kappa shape index (κ2) is 5.83. The summed E-state index contributed by atoms with van der Waals surface area (Å²) >= 11 is 0. The smallest absolute Gasteiger partial charge is 0.223 e. The Morgan fingerprint density at radius 1 is 1.41 bits per heavy atom. The molecule has 2 rings (SSSR count). The van der Waals surface area contributed by atoms with Crippen LogP contribution in [0.5, 0.6) is 0 Å². The van der Waals surface area contributed by atoms with Gasteiger partial charge in [0.15, 0.2) is 0 Å². The lowest BCUT2D eigenvalue weighted by Gasteiger charge is -2.28. The van der Waals surface area contributed by atoms with Gasteiger partial charge in [-0.15, -0.1) is 0 Å². The number of hydrogen-bond acceptors (Lipinski definition) is 3. The maximum atomic E-state index is 11.9. The molecule has 1 aliphatic heterocycles. The summed E-state index contributed by atoms with van der Waals surface area (Å²) in [6.07, 6.45) is 6.57. The van der Waals surface area contributed by atoms with E-state index >= 15 is 0 Å². The number of carbonyl (C=O) groups excluding carboxylic acids is 1. The predicted molar refractivity (Wildman–Crippen MR) is 66.5 cm³/mol. The molecule has 1 saturated carbocycles. The van der Waals surface area contributed by atoms with Crippen molar-refractivity contribution in [3.05, 3.63) is 0 Å². The predicted octanol–water partition coefficient (Wildman–Crippen LogP) is 1.14. The summed E-state index contributed by atoms with van der Waals surface area (Å²) in [5.74, 6) is 0.761. The highest BCUT2D eigenvalue weighted by molar-refractivity contribution is 5.76. The lowest BCUT2D eigenvalue weighted by Crippen LogP contribution is -2.40. The molecule has 2 unspecified atom stereocenters. The lowest BCUT2D eigenvalue weighted by atomic mass is 10.1. The molecule has 0 bridgehead atoms. The van der Waals surface area contributed by atoms with Crippen molar-refractivity contribution in [2.75, 3.05) is 20.2 Å². The van der Waals surface area contributed by atoms with E-state index in [1.165, 1.54) is 19.3 Å². The number of amides is 1. The van der Waals surface area contributed by atoms with Crippen molar-refractivity contribution in [2.24, 2.45) is 11.7 Å². The first-order chi connectivity index (χ1) is 8.16. The molecule has 17 heavy (non-hydrogen) atoms. The molecular weight excluding hydrogens is 216 g/mol. The monoisotopic (exact) mass is 240 g/mol. The van der Waals surface area contributed by atoms with Crippen LogP contribution in [-0.2, 0) is 9.53 Å².